The van der Waals surface area contributed by atoms with Crippen LogP contribution in [0, 0.1) is 10.5 Å². The molecule has 1 rings (SSSR count). The lowest BCUT2D eigenvalue weighted by molar-refractivity contribution is 0.327. The summed E-state index contributed by atoms with van der Waals surface area (Å²) in [4.78, 5) is 0. The summed E-state index contributed by atoms with van der Waals surface area (Å²) in [6.07, 6.45) is 0. The van der Waals surface area contributed by atoms with Crippen molar-refractivity contribution in [1.82, 2.24) is 0 Å². The highest BCUT2D eigenvalue weighted by Gasteiger charge is 1.91. The topological polar surface area (TPSA) is 57.8 Å². The molecule has 0 heterocycles. The molecule has 4 nitrogen and oxygen atoms in total. The van der Waals surface area contributed by atoms with E-state index in [0.29, 0.717) is 13.2 Å². The van der Waals surface area contributed by atoms with Crippen molar-refractivity contribution in [2.45, 2.75) is 6.92 Å². The predicted octanol–water partition coefficient (Wildman–Crippen LogP) is 3.47. The van der Waals surface area contributed by atoms with Crippen LogP contribution in [0.25, 0.3) is 0 Å². The zero-order valence-electron chi connectivity index (χ0n) is 7.90. The minimum Gasteiger partial charge on any atom is -0.492 e. The number of aryl methyl sites for hydroxylation is 1. The number of rotatable bonds is 5. The molecular formula is C9H12IN3O. The summed E-state index contributed by atoms with van der Waals surface area (Å²) in [6, 6.07) is 7.88. The number of hydrogen-bond acceptors (Lipinski definition) is 3. The molecule has 5 heteroatoms. The minimum atomic E-state index is -0.817. The second kappa shape index (κ2) is 6.58. The molecule has 0 amide bonds. The zero-order chi connectivity index (χ0) is 10.2. The fourth-order valence-corrected chi connectivity index (χ4v) is 1.27. The molecule has 0 atom stereocenters. The van der Waals surface area contributed by atoms with Crippen LogP contribution in [0.5, 0.6) is 5.75 Å². The van der Waals surface area contributed by atoms with Gasteiger partial charge in [0.1, 0.15) is 12.4 Å². The molecule has 76 valence electrons. The van der Waals surface area contributed by atoms with Gasteiger partial charge < -0.3 is 4.74 Å². The van der Waals surface area contributed by atoms with Crippen LogP contribution in [0.2, 0.25) is 0 Å². The molecule has 0 saturated carbocycles. The van der Waals surface area contributed by atoms with E-state index in [0.717, 1.165) is 5.75 Å². The summed E-state index contributed by atoms with van der Waals surface area (Å²) >= 11 is -0.817. The molecule has 0 bridgehead atoms. The molecule has 0 aliphatic heterocycles. The molecule has 1 N–H and O–H groups in total. The zero-order valence-corrected chi connectivity index (χ0v) is 10.1. The smallest absolute Gasteiger partial charge is 0.158 e. The van der Waals surface area contributed by atoms with Gasteiger partial charge in [-0.25, -0.2) is 0 Å². The van der Waals surface area contributed by atoms with Crippen molar-refractivity contribution in [2.75, 3.05) is 13.2 Å². The predicted molar refractivity (Wildman–Crippen MR) is 63.1 cm³/mol. The summed E-state index contributed by atoms with van der Waals surface area (Å²) in [5.41, 5.74) is 1.22. The van der Waals surface area contributed by atoms with Crippen molar-refractivity contribution in [1.29, 1.82) is 3.56 Å². The van der Waals surface area contributed by atoms with E-state index in [2.05, 4.69) is 8.44 Å². The molecule has 1 aromatic rings. The van der Waals surface area contributed by atoms with Gasteiger partial charge in [-0.2, -0.15) is 5.11 Å². The van der Waals surface area contributed by atoms with E-state index >= 15 is 0 Å². The molecule has 0 fully saturated rings. The molecular weight excluding hydrogens is 293 g/mol. The molecule has 0 spiro atoms. The van der Waals surface area contributed by atoms with E-state index in [9.17, 15) is 0 Å². The lowest BCUT2D eigenvalue weighted by atomic mass is 10.2. The number of benzene rings is 1. The van der Waals surface area contributed by atoms with Gasteiger partial charge in [0.15, 0.2) is 21.3 Å². The molecule has 0 unspecified atom stereocenters. The van der Waals surface area contributed by atoms with Gasteiger partial charge >= 0.3 is 0 Å². The van der Waals surface area contributed by atoms with Crippen LogP contribution in [-0.2, 0) is 0 Å². The molecule has 1 aromatic carbocycles. The number of nitrogens with zero attached hydrogens (tertiary/aromatic N) is 2. The number of hydrogen-bond donors (Lipinski definition) is 1. The van der Waals surface area contributed by atoms with Crippen molar-refractivity contribution < 1.29 is 4.74 Å². The Labute approximate surface area is 93.7 Å². The SMILES string of the molecule is Cc1ccc(OCCN=NI=N)cc1. The van der Waals surface area contributed by atoms with E-state index in [1.165, 1.54) is 5.56 Å². The maximum absolute atomic E-state index is 6.83. The highest BCUT2D eigenvalue weighted by Crippen LogP contribution is 2.10. The van der Waals surface area contributed by atoms with Gasteiger partial charge in [0.25, 0.3) is 0 Å². The molecule has 0 aliphatic rings. The first-order valence-electron chi connectivity index (χ1n) is 4.19. The van der Waals surface area contributed by atoms with E-state index in [4.69, 9.17) is 8.30 Å². The molecule has 14 heavy (non-hydrogen) atoms. The summed E-state index contributed by atoms with van der Waals surface area (Å²) in [7, 11) is 0. The van der Waals surface area contributed by atoms with E-state index in [1.807, 2.05) is 31.2 Å². The highest BCUT2D eigenvalue weighted by atomic mass is 127. The van der Waals surface area contributed by atoms with E-state index < -0.39 is 21.3 Å². The van der Waals surface area contributed by atoms with Crippen LogP contribution in [0.1, 0.15) is 5.56 Å². The van der Waals surface area contributed by atoms with E-state index in [-0.39, 0.29) is 0 Å². The Morgan fingerprint density at radius 1 is 1.36 bits per heavy atom. The molecule has 0 aromatic heterocycles. The van der Waals surface area contributed by atoms with Crippen molar-refractivity contribution in [3.8, 4) is 5.75 Å². The van der Waals surface area contributed by atoms with Crippen LogP contribution in [0.3, 0.4) is 0 Å². The normalized spacial score (nSPS) is 10.6. The second-order valence-electron chi connectivity index (χ2n) is 2.69. The highest BCUT2D eigenvalue weighted by molar-refractivity contribution is 14.1. The van der Waals surface area contributed by atoms with E-state index in [1.54, 1.807) is 0 Å². The Morgan fingerprint density at radius 3 is 2.71 bits per heavy atom. The first kappa shape index (κ1) is 11.2. The fourth-order valence-electron chi connectivity index (χ4n) is 0.903. The summed E-state index contributed by atoms with van der Waals surface area (Å²) in [6.45, 7) is 3.10. The summed E-state index contributed by atoms with van der Waals surface area (Å²) < 4.78 is 15.9. The molecule has 0 saturated heterocycles. The minimum absolute atomic E-state index is 0.524. The van der Waals surface area contributed by atoms with Gasteiger partial charge in [0, 0.05) is 0 Å². The quantitative estimate of drug-likeness (QED) is 0.505. The second-order valence-corrected chi connectivity index (χ2v) is 3.60. The Bertz CT molecular complexity index is 310. The monoisotopic (exact) mass is 305 g/mol. The number of nitrogens with one attached hydrogen (secondary N) is 1. The van der Waals surface area contributed by atoms with Crippen molar-refractivity contribution in [2.24, 2.45) is 8.44 Å². The van der Waals surface area contributed by atoms with Crippen molar-refractivity contribution >= 4 is 21.3 Å². The van der Waals surface area contributed by atoms with Gasteiger partial charge in [-0.3, -0.25) is 3.56 Å². The van der Waals surface area contributed by atoms with Gasteiger partial charge in [-0.1, -0.05) is 17.7 Å². The van der Waals surface area contributed by atoms with Gasteiger partial charge in [0.05, 0.1) is 6.54 Å². The number of ether oxygens (including phenoxy) is 1. The lowest BCUT2D eigenvalue weighted by Crippen LogP contribution is -1.99. The van der Waals surface area contributed by atoms with Gasteiger partial charge in [-0.05, 0) is 19.1 Å². The third-order valence-electron chi connectivity index (χ3n) is 1.57. The van der Waals surface area contributed by atoms with Crippen LogP contribution in [0.15, 0.2) is 32.7 Å². The number of halogens is 1. The average Bonchev–Trinajstić information content (AvgIpc) is 2.21. The summed E-state index contributed by atoms with van der Waals surface area (Å²) in [5.74, 6) is 0.853. The van der Waals surface area contributed by atoms with Crippen LogP contribution < -0.4 is 4.74 Å². The van der Waals surface area contributed by atoms with Crippen LogP contribution >= 0.6 is 21.3 Å². The van der Waals surface area contributed by atoms with Gasteiger partial charge in [0.2, 0.25) is 0 Å². The molecule has 0 aliphatic carbocycles. The van der Waals surface area contributed by atoms with Crippen molar-refractivity contribution in [3.63, 3.8) is 0 Å². The van der Waals surface area contributed by atoms with Crippen LogP contribution in [-0.4, -0.2) is 13.2 Å². The first-order chi connectivity index (χ1) is 6.83. The third-order valence-corrected chi connectivity index (χ3v) is 2.09. The standard InChI is InChI=1S/C9H12IN3O/c1-8-2-4-9(5-3-8)14-7-6-12-13-10-11/h2-5,11H,6-7H2,1H3. The van der Waals surface area contributed by atoms with Gasteiger partial charge in [-0.15, -0.1) is 3.33 Å². The maximum Gasteiger partial charge on any atom is 0.158 e. The largest absolute Gasteiger partial charge is 0.492 e. The fraction of sp³-hybridized carbons (Fsp3) is 0.333. The Balaban J connectivity index is 2.28. The Morgan fingerprint density at radius 2 is 2.07 bits per heavy atom. The lowest BCUT2D eigenvalue weighted by Gasteiger charge is -2.03. The third kappa shape index (κ3) is 4.40. The first-order valence-corrected chi connectivity index (χ1v) is 6.23. The molecule has 0 radical (unpaired) electrons. The average molecular weight is 305 g/mol. The Kier molecular flexibility index (Phi) is 5.28. The summed E-state index contributed by atoms with van der Waals surface area (Å²) in [5, 5.41) is 3.78. The maximum atomic E-state index is 6.83. The van der Waals surface area contributed by atoms with Crippen LogP contribution in [0.4, 0.5) is 0 Å². The van der Waals surface area contributed by atoms with Crippen molar-refractivity contribution in [3.05, 3.63) is 29.8 Å². The Hall–Kier alpha value is -0.850.